The molecule has 0 saturated heterocycles. The maximum Gasteiger partial charge on any atom is 0.255 e. The minimum Gasteiger partial charge on any atom is -0.493 e. The van der Waals surface area contributed by atoms with Crippen LogP contribution in [0.4, 0.5) is 5.69 Å². The Labute approximate surface area is 143 Å². The highest BCUT2D eigenvalue weighted by Crippen LogP contribution is 2.29. The molecule has 0 atom stereocenters. The molecular formula is C20H25NO3. The van der Waals surface area contributed by atoms with Crippen LogP contribution in [0.15, 0.2) is 42.5 Å². The summed E-state index contributed by atoms with van der Waals surface area (Å²) in [5.41, 5.74) is 2.49. The van der Waals surface area contributed by atoms with E-state index in [1.54, 1.807) is 25.3 Å². The number of hydrogen-bond acceptors (Lipinski definition) is 3. The van der Waals surface area contributed by atoms with Crippen LogP contribution in [0, 0.1) is 0 Å². The summed E-state index contributed by atoms with van der Waals surface area (Å²) in [6.07, 6.45) is 2.92. The predicted molar refractivity (Wildman–Crippen MR) is 97.2 cm³/mol. The summed E-state index contributed by atoms with van der Waals surface area (Å²) in [5, 5.41) is 2.97. The van der Waals surface area contributed by atoms with Crippen LogP contribution in [0.3, 0.4) is 0 Å². The normalized spacial score (nSPS) is 10.3. The Morgan fingerprint density at radius 3 is 2.58 bits per heavy atom. The highest BCUT2D eigenvalue weighted by molar-refractivity contribution is 6.05. The van der Waals surface area contributed by atoms with Gasteiger partial charge in [0.05, 0.1) is 13.7 Å². The Bertz CT molecular complexity index is 682. The van der Waals surface area contributed by atoms with Crippen molar-refractivity contribution < 1.29 is 14.3 Å². The maximum atomic E-state index is 12.5. The molecule has 0 spiro atoms. The zero-order valence-corrected chi connectivity index (χ0v) is 14.6. The smallest absolute Gasteiger partial charge is 0.255 e. The van der Waals surface area contributed by atoms with Crippen molar-refractivity contribution in [2.45, 2.75) is 33.1 Å². The summed E-state index contributed by atoms with van der Waals surface area (Å²) in [7, 11) is 1.58. The molecule has 0 bridgehead atoms. The van der Waals surface area contributed by atoms with Gasteiger partial charge in [-0.2, -0.15) is 0 Å². The Balaban J connectivity index is 2.14. The number of rotatable bonds is 8. The molecule has 2 rings (SSSR count). The Kier molecular flexibility index (Phi) is 6.67. The number of carbonyl (C=O) groups is 1. The largest absolute Gasteiger partial charge is 0.493 e. The SMILES string of the molecule is CCCCOc1ccc(C(=O)Nc2ccccc2CC)cc1OC. The molecule has 0 aromatic heterocycles. The number of benzene rings is 2. The van der Waals surface area contributed by atoms with Crippen LogP contribution in [0.25, 0.3) is 0 Å². The molecule has 0 aliphatic carbocycles. The van der Waals surface area contributed by atoms with Gasteiger partial charge in [0.1, 0.15) is 0 Å². The maximum absolute atomic E-state index is 12.5. The molecule has 0 unspecified atom stereocenters. The minimum absolute atomic E-state index is 0.158. The van der Waals surface area contributed by atoms with Crippen LogP contribution in [0.2, 0.25) is 0 Å². The molecule has 2 aromatic rings. The van der Waals surface area contributed by atoms with Gasteiger partial charge in [-0.3, -0.25) is 4.79 Å². The molecule has 24 heavy (non-hydrogen) atoms. The van der Waals surface area contributed by atoms with Gasteiger partial charge in [-0.1, -0.05) is 38.5 Å². The van der Waals surface area contributed by atoms with E-state index in [9.17, 15) is 4.79 Å². The van der Waals surface area contributed by atoms with Gasteiger partial charge in [0, 0.05) is 11.3 Å². The average molecular weight is 327 g/mol. The van der Waals surface area contributed by atoms with Gasteiger partial charge in [0.25, 0.3) is 5.91 Å². The van der Waals surface area contributed by atoms with Crippen LogP contribution in [0.5, 0.6) is 11.5 Å². The van der Waals surface area contributed by atoms with Gasteiger partial charge < -0.3 is 14.8 Å². The molecule has 0 radical (unpaired) electrons. The molecule has 4 heteroatoms. The summed E-state index contributed by atoms with van der Waals surface area (Å²) in [6.45, 7) is 4.82. The van der Waals surface area contributed by atoms with Crippen LogP contribution in [-0.4, -0.2) is 19.6 Å². The molecule has 1 N–H and O–H groups in total. The lowest BCUT2D eigenvalue weighted by atomic mass is 10.1. The van der Waals surface area contributed by atoms with E-state index in [-0.39, 0.29) is 5.91 Å². The first-order valence-corrected chi connectivity index (χ1v) is 8.39. The second-order valence-corrected chi connectivity index (χ2v) is 5.53. The first-order chi connectivity index (χ1) is 11.7. The second-order valence-electron chi connectivity index (χ2n) is 5.53. The molecule has 128 valence electrons. The molecule has 1 amide bonds. The number of anilines is 1. The quantitative estimate of drug-likeness (QED) is 0.716. The number of nitrogens with one attached hydrogen (secondary N) is 1. The van der Waals surface area contributed by atoms with Crippen LogP contribution in [0.1, 0.15) is 42.6 Å². The lowest BCUT2D eigenvalue weighted by molar-refractivity contribution is 0.102. The average Bonchev–Trinajstić information content (AvgIpc) is 2.62. The van der Waals surface area contributed by atoms with Crippen molar-refractivity contribution >= 4 is 11.6 Å². The van der Waals surface area contributed by atoms with Gasteiger partial charge in [0.15, 0.2) is 11.5 Å². The van der Waals surface area contributed by atoms with Crippen molar-refractivity contribution in [3.8, 4) is 11.5 Å². The van der Waals surface area contributed by atoms with E-state index >= 15 is 0 Å². The third-order valence-electron chi connectivity index (χ3n) is 3.83. The van der Waals surface area contributed by atoms with E-state index < -0.39 is 0 Å². The van der Waals surface area contributed by atoms with Gasteiger partial charge in [-0.15, -0.1) is 0 Å². The van der Waals surface area contributed by atoms with E-state index in [1.807, 2.05) is 24.3 Å². The highest BCUT2D eigenvalue weighted by Gasteiger charge is 2.12. The van der Waals surface area contributed by atoms with Gasteiger partial charge in [-0.05, 0) is 42.7 Å². The van der Waals surface area contributed by atoms with Crippen molar-refractivity contribution in [2.75, 3.05) is 19.0 Å². The fourth-order valence-electron chi connectivity index (χ4n) is 2.40. The van der Waals surface area contributed by atoms with Gasteiger partial charge in [-0.25, -0.2) is 0 Å². The summed E-state index contributed by atoms with van der Waals surface area (Å²) in [6, 6.07) is 13.1. The number of methoxy groups -OCH3 is 1. The topological polar surface area (TPSA) is 47.6 Å². The Hall–Kier alpha value is -2.49. The molecule has 0 aliphatic heterocycles. The van der Waals surface area contributed by atoms with Crippen molar-refractivity contribution in [1.29, 1.82) is 0 Å². The van der Waals surface area contributed by atoms with E-state index in [4.69, 9.17) is 9.47 Å². The van der Waals surface area contributed by atoms with Crippen molar-refractivity contribution in [2.24, 2.45) is 0 Å². The van der Waals surface area contributed by atoms with Crippen LogP contribution >= 0.6 is 0 Å². The first kappa shape index (κ1) is 17.9. The standard InChI is InChI=1S/C20H25NO3/c1-4-6-13-24-18-12-11-16(14-19(18)23-3)20(22)21-17-10-8-7-9-15(17)5-2/h7-12,14H,4-6,13H2,1-3H3,(H,21,22). The zero-order chi connectivity index (χ0) is 17.4. The fourth-order valence-corrected chi connectivity index (χ4v) is 2.40. The number of amides is 1. The second kappa shape index (κ2) is 8.96. The third-order valence-corrected chi connectivity index (χ3v) is 3.83. The number of para-hydroxylation sites is 1. The lowest BCUT2D eigenvalue weighted by Crippen LogP contribution is -2.13. The molecule has 2 aromatic carbocycles. The third kappa shape index (κ3) is 4.51. The zero-order valence-electron chi connectivity index (χ0n) is 14.6. The van der Waals surface area contributed by atoms with E-state index in [0.717, 1.165) is 30.5 Å². The molecular weight excluding hydrogens is 302 g/mol. The molecule has 0 fully saturated rings. The van der Waals surface area contributed by atoms with Crippen molar-refractivity contribution in [1.82, 2.24) is 0 Å². The number of hydrogen-bond donors (Lipinski definition) is 1. The number of carbonyl (C=O) groups excluding carboxylic acids is 1. The molecule has 0 saturated carbocycles. The van der Waals surface area contributed by atoms with Gasteiger partial charge in [0.2, 0.25) is 0 Å². The van der Waals surface area contributed by atoms with Crippen molar-refractivity contribution in [3.63, 3.8) is 0 Å². The van der Waals surface area contributed by atoms with E-state index in [0.29, 0.717) is 23.7 Å². The molecule has 4 nitrogen and oxygen atoms in total. The first-order valence-electron chi connectivity index (χ1n) is 8.39. The number of ether oxygens (including phenoxy) is 2. The lowest BCUT2D eigenvalue weighted by Gasteiger charge is -2.13. The number of aryl methyl sites for hydroxylation is 1. The highest BCUT2D eigenvalue weighted by atomic mass is 16.5. The minimum atomic E-state index is -0.158. The van der Waals surface area contributed by atoms with E-state index in [2.05, 4.69) is 19.2 Å². The van der Waals surface area contributed by atoms with Crippen LogP contribution < -0.4 is 14.8 Å². The van der Waals surface area contributed by atoms with Crippen LogP contribution in [-0.2, 0) is 6.42 Å². The Morgan fingerprint density at radius 2 is 1.88 bits per heavy atom. The molecule has 0 aliphatic rings. The van der Waals surface area contributed by atoms with Crippen molar-refractivity contribution in [3.05, 3.63) is 53.6 Å². The molecule has 0 heterocycles. The monoisotopic (exact) mass is 327 g/mol. The Morgan fingerprint density at radius 1 is 1.08 bits per heavy atom. The van der Waals surface area contributed by atoms with Gasteiger partial charge >= 0.3 is 0 Å². The van der Waals surface area contributed by atoms with E-state index in [1.165, 1.54) is 0 Å². The summed E-state index contributed by atoms with van der Waals surface area (Å²) in [5.74, 6) is 1.08. The summed E-state index contributed by atoms with van der Waals surface area (Å²) >= 11 is 0. The number of unbranched alkanes of at least 4 members (excludes halogenated alkanes) is 1. The summed E-state index contributed by atoms with van der Waals surface area (Å²) in [4.78, 5) is 12.5. The summed E-state index contributed by atoms with van der Waals surface area (Å²) < 4.78 is 11.1. The predicted octanol–water partition coefficient (Wildman–Crippen LogP) is 4.69. The fraction of sp³-hybridized carbons (Fsp3) is 0.350.